The van der Waals surface area contributed by atoms with Gasteiger partial charge in [0.2, 0.25) is 0 Å². The van der Waals surface area contributed by atoms with Crippen LogP contribution in [0.15, 0.2) is 43.0 Å². The van der Waals surface area contributed by atoms with Crippen LogP contribution in [-0.4, -0.2) is 22.2 Å². The fourth-order valence-electron chi connectivity index (χ4n) is 3.19. The molecule has 0 amide bonds. The number of nitrogens with one attached hydrogen (secondary N) is 1. The quantitative estimate of drug-likeness (QED) is 0.886. The standard InChI is InChI=1S/C17H23N3O/c1-2-21-17-9-4-3-6-14(17)12-19-15-7-5-8-16(15)20-11-10-18-13-20/h3-4,6,9-11,13,15-16,19H,2,5,7-8,12H2,1H3. The summed E-state index contributed by atoms with van der Waals surface area (Å²) in [6.07, 6.45) is 9.58. The van der Waals surface area contributed by atoms with Gasteiger partial charge >= 0.3 is 0 Å². The van der Waals surface area contributed by atoms with E-state index in [1.54, 1.807) is 0 Å². The summed E-state index contributed by atoms with van der Waals surface area (Å²) in [4.78, 5) is 4.17. The van der Waals surface area contributed by atoms with Crippen molar-refractivity contribution in [1.82, 2.24) is 14.9 Å². The van der Waals surface area contributed by atoms with Crippen LogP contribution in [0.1, 0.15) is 37.8 Å². The van der Waals surface area contributed by atoms with Crippen LogP contribution in [0.4, 0.5) is 0 Å². The van der Waals surface area contributed by atoms with Crippen molar-refractivity contribution in [1.29, 1.82) is 0 Å². The molecule has 1 aliphatic carbocycles. The minimum atomic E-state index is 0.508. The van der Waals surface area contributed by atoms with Crippen LogP contribution >= 0.6 is 0 Å². The first kappa shape index (κ1) is 14.1. The van der Waals surface area contributed by atoms with Gasteiger partial charge < -0.3 is 14.6 Å². The Hall–Kier alpha value is -1.81. The molecular weight excluding hydrogens is 262 g/mol. The highest BCUT2D eigenvalue weighted by Crippen LogP contribution is 2.30. The van der Waals surface area contributed by atoms with Gasteiger partial charge in [-0.25, -0.2) is 4.98 Å². The molecule has 4 nitrogen and oxygen atoms in total. The number of benzene rings is 1. The second kappa shape index (κ2) is 6.76. The zero-order valence-electron chi connectivity index (χ0n) is 12.5. The van der Waals surface area contributed by atoms with Gasteiger partial charge in [0.25, 0.3) is 0 Å². The predicted molar refractivity (Wildman–Crippen MR) is 83.4 cm³/mol. The molecule has 0 spiro atoms. The molecule has 1 fully saturated rings. The fraction of sp³-hybridized carbons (Fsp3) is 0.471. The summed E-state index contributed by atoms with van der Waals surface area (Å²) in [6, 6.07) is 9.31. The molecule has 1 saturated carbocycles. The van der Waals surface area contributed by atoms with E-state index < -0.39 is 0 Å². The fourth-order valence-corrected chi connectivity index (χ4v) is 3.19. The van der Waals surface area contributed by atoms with Crippen molar-refractivity contribution in [2.24, 2.45) is 0 Å². The third-order valence-electron chi connectivity index (χ3n) is 4.21. The van der Waals surface area contributed by atoms with Gasteiger partial charge in [0, 0.05) is 36.6 Å². The van der Waals surface area contributed by atoms with Gasteiger partial charge in [0.05, 0.1) is 12.9 Å². The first-order valence-corrected chi connectivity index (χ1v) is 7.80. The van der Waals surface area contributed by atoms with Gasteiger partial charge in [-0.1, -0.05) is 18.2 Å². The lowest BCUT2D eigenvalue weighted by atomic mass is 10.1. The summed E-state index contributed by atoms with van der Waals surface area (Å²) in [7, 11) is 0. The summed E-state index contributed by atoms with van der Waals surface area (Å²) >= 11 is 0. The maximum atomic E-state index is 5.70. The SMILES string of the molecule is CCOc1ccccc1CNC1CCCC1n1ccnc1. The second-order valence-corrected chi connectivity index (χ2v) is 5.54. The molecule has 1 aromatic carbocycles. The van der Waals surface area contributed by atoms with E-state index in [9.17, 15) is 0 Å². The average molecular weight is 285 g/mol. The van der Waals surface area contributed by atoms with Gasteiger partial charge in [0.1, 0.15) is 5.75 Å². The molecule has 21 heavy (non-hydrogen) atoms. The molecule has 3 rings (SSSR count). The van der Waals surface area contributed by atoms with Crippen LogP contribution in [0.5, 0.6) is 5.75 Å². The number of para-hydroxylation sites is 1. The van der Waals surface area contributed by atoms with Crippen molar-refractivity contribution in [2.45, 2.75) is 44.8 Å². The number of rotatable bonds is 6. The lowest BCUT2D eigenvalue weighted by molar-refractivity contribution is 0.332. The van der Waals surface area contributed by atoms with Crippen LogP contribution in [0.3, 0.4) is 0 Å². The van der Waals surface area contributed by atoms with Crippen LogP contribution < -0.4 is 10.1 Å². The topological polar surface area (TPSA) is 39.1 Å². The van der Waals surface area contributed by atoms with Crippen LogP contribution in [0.2, 0.25) is 0 Å². The highest BCUT2D eigenvalue weighted by atomic mass is 16.5. The lowest BCUT2D eigenvalue weighted by Gasteiger charge is -2.22. The Balaban J connectivity index is 1.64. The van der Waals surface area contributed by atoms with Gasteiger partial charge in [0.15, 0.2) is 0 Å². The normalized spacial score (nSPS) is 21.6. The van der Waals surface area contributed by atoms with E-state index in [4.69, 9.17) is 4.74 Å². The maximum absolute atomic E-state index is 5.70. The van der Waals surface area contributed by atoms with Crippen LogP contribution in [-0.2, 0) is 6.54 Å². The number of hydrogen-bond acceptors (Lipinski definition) is 3. The number of aromatic nitrogens is 2. The second-order valence-electron chi connectivity index (χ2n) is 5.54. The van der Waals surface area contributed by atoms with Crippen molar-refractivity contribution >= 4 is 0 Å². The van der Waals surface area contributed by atoms with E-state index in [1.165, 1.54) is 24.8 Å². The summed E-state index contributed by atoms with van der Waals surface area (Å²) in [5.41, 5.74) is 1.23. The van der Waals surface area contributed by atoms with E-state index in [2.05, 4.69) is 33.2 Å². The monoisotopic (exact) mass is 285 g/mol. The van der Waals surface area contributed by atoms with Crippen LogP contribution in [0, 0.1) is 0 Å². The van der Waals surface area contributed by atoms with E-state index >= 15 is 0 Å². The summed E-state index contributed by atoms with van der Waals surface area (Å²) in [5.74, 6) is 0.990. The smallest absolute Gasteiger partial charge is 0.123 e. The highest BCUT2D eigenvalue weighted by molar-refractivity contribution is 5.33. The Bertz CT molecular complexity index is 553. The molecule has 2 aromatic rings. The largest absolute Gasteiger partial charge is 0.494 e. The minimum absolute atomic E-state index is 0.508. The molecule has 2 atom stereocenters. The summed E-state index contributed by atoms with van der Waals surface area (Å²) < 4.78 is 7.93. The zero-order valence-corrected chi connectivity index (χ0v) is 12.5. The number of nitrogens with zero attached hydrogens (tertiary/aromatic N) is 2. The number of imidazole rings is 1. The first-order chi connectivity index (χ1) is 10.4. The molecule has 0 aliphatic heterocycles. The third kappa shape index (κ3) is 3.27. The molecule has 1 N–H and O–H groups in total. The molecule has 0 radical (unpaired) electrons. The molecular formula is C17H23N3O. The Labute approximate surface area is 126 Å². The number of ether oxygens (including phenoxy) is 1. The van der Waals surface area contributed by atoms with Crippen molar-refractivity contribution < 1.29 is 4.74 Å². The van der Waals surface area contributed by atoms with E-state index in [0.29, 0.717) is 18.7 Å². The Morgan fingerprint density at radius 3 is 3.05 bits per heavy atom. The van der Waals surface area contributed by atoms with Crippen LogP contribution in [0.25, 0.3) is 0 Å². The van der Waals surface area contributed by atoms with Crippen molar-refractivity contribution in [3.63, 3.8) is 0 Å². The Kier molecular flexibility index (Phi) is 4.55. The lowest BCUT2D eigenvalue weighted by Crippen LogP contribution is -2.33. The third-order valence-corrected chi connectivity index (χ3v) is 4.21. The predicted octanol–water partition coefficient (Wildman–Crippen LogP) is 3.17. The van der Waals surface area contributed by atoms with Gasteiger partial charge in [-0.3, -0.25) is 0 Å². The molecule has 1 aromatic heterocycles. The summed E-state index contributed by atoms with van der Waals surface area (Å²) in [5, 5.41) is 3.71. The zero-order chi connectivity index (χ0) is 14.5. The molecule has 4 heteroatoms. The number of hydrogen-bond donors (Lipinski definition) is 1. The molecule has 112 valence electrons. The highest BCUT2D eigenvalue weighted by Gasteiger charge is 2.27. The molecule has 2 unspecified atom stereocenters. The van der Waals surface area contributed by atoms with E-state index in [0.717, 1.165) is 12.3 Å². The van der Waals surface area contributed by atoms with Gasteiger partial charge in [-0.05, 0) is 32.3 Å². The van der Waals surface area contributed by atoms with Crippen molar-refractivity contribution in [3.8, 4) is 5.75 Å². The average Bonchev–Trinajstić information content (AvgIpc) is 3.17. The van der Waals surface area contributed by atoms with Crippen molar-refractivity contribution in [2.75, 3.05) is 6.61 Å². The molecule has 1 aliphatic rings. The van der Waals surface area contributed by atoms with Gasteiger partial charge in [-0.2, -0.15) is 0 Å². The van der Waals surface area contributed by atoms with E-state index in [-0.39, 0.29) is 0 Å². The van der Waals surface area contributed by atoms with E-state index in [1.807, 2.05) is 31.6 Å². The molecule has 0 bridgehead atoms. The van der Waals surface area contributed by atoms with Gasteiger partial charge in [-0.15, -0.1) is 0 Å². The summed E-state index contributed by atoms with van der Waals surface area (Å²) in [6.45, 7) is 3.58. The first-order valence-electron chi connectivity index (χ1n) is 7.80. The van der Waals surface area contributed by atoms with Crippen molar-refractivity contribution in [3.05, 3.63) is 48.5 Å². The molecule has 0 saturated heterocycles. The minimum Gasteiger partial charge on any atom is -0.494 e. The Morgan fingerprint density at radius 1 is 1.33 bits per heavy atom. The maximum Gasteiger partial charge on any atom is 0.123 e. The molecule has 1 heterocycles. The Morgan fingerprint density at radius 2 is 2.24 bits per heavy atom.